The Kier molecular flexibility index (Phi) is 14.7. The van der Waals surface area contributed by atoms with Crippen LogP contribution in [-0.4, -0.2) is 4.57 Å². The Bertz CT molecular complexity index is 422. The number of aryl methyl sites for hydroxylation is 2. The van der Waals surface area contributed by atoms with E-state index in [2.05, 4.69) is 42.4 Å². The molecular formula is C24H47N2+. The van der Waals surface area contributed by atoms with Crippen molar-refractivity contribution in [1.29, 1.82) is 0 Å². The highest BCUT2D eigenvalue weighted by atomic mass is 15.1. The second-order valence-electron chi connectivity index (χ2n) is 8.22. The lowest BCUT2D eigenvalue weighted by Crippen LogP contribution is -2.32. The van der Waals surface area contributed by atoms with Gasteiger partial charge in [0.15, 0.2) is 0 Å². The molecule has 0 saturated heterocycles. The minimum absolute atomic E-state index is 1.19. The van der Waals surface area contributed by atoms with E-state index in [4.69, 9.17) is 0 Å². The molecule has 0 bridgehead atoms. The van der Waals surface area contributed by atoms with Crippen LogP contribution in [0.15, 0.2) is 12.4 Å². The first-order valence-corrected chi connectivity index (χ1v) is 11.8. The molecule has 0 amide bonds. The molecule has 2 nitrogen and oxygen atoms in total. The molecule has 0 unspecified atom stereocenters. The second kappa shape index (κ2) is 16.4. The van der Waals surface area contributed by atoms with Crippen LogP contribution in [0, 0.1) is 0 Å². The minimum atomic E-state index is 1.19. The molecule has 0 aliphatic rings. The van der Waals surface area contributed by atoms with E-state index in [-0.39, 0.29) is 0 Å². The fourth-order valence-electron chi connectivity index (χ4n) is 3.88. The van der Waals surface area contributed by atoms with Crippen molar-refractivity contribution < 1.29 is 4.57 Å². The molecule has 0 N–H and O–H groups in total. The first-order chi connectivity index (χ1) is 12.8. The quantitative estimate of drug-likeness (QED) is 0.194. The van der Waals surface area contributed by atoms with Gasteiger partial charge in [-0.15, -0.1) is 0 Å². The van der Waals surface area contributed by atoms with E-state index in [1.54, 1.807) is 0 Å². The van der Waals surface area contributed by atoms with Crippen molar-refractivity contribution in [3.63, 3.8) is 0 Å². The fourth-order valence-corrected chi connectivity index (χ4v) is 3.88. The smallest absolute Gasteiger partial charge is 0.237 e. The second-order valence-corrected chi connectivity index (χ2v) is 8.22. The van der Waals surface area contributed by atoms with Crippen molar-refractivity contribution in [2.45, 2.75) is 130 Å². The normalized spacial score (nSPS) is 11.3. The summed E-state index contributed by atoms with van der Waals surface area (Å²) in [5.41, 5.74) is 0. The van der Waals surface area contributed by atoms with E-state index in [0.717, 1.165) is 0 Å². The van der Waals surface area contributed by atoms with Crippen LogP contribution in [0.3, 0.4) is 0 Å². The van der Waals surface area contributed by atoms with Crippen LogP contribution < -0.4 is 4.57 Å². The molecular weight excluding hydrogens is 316 g/mol. The summed E-state index contributed by atoms with van der Waals surface area (Å²) in [4.78, 5) is 0. The van der Waals surface area contributed by atoms with Gasteiger partial charge in [-0.2, -0.15) is 0 Å². The molecule has 0 aromatic carbocycles. The third-order valence-corrected chi connectivity index (χ3v) is 5.72. The average Bonchev–Trinajstić information content (AvgIpc) is 3.00. The van der Waals surface area contributed by atoms with E-state index in [1.807, 2.05) is 0 Å². The van der Waals surface area contributed by atoms with Crippen molar-refractivity contribution in [3.8, 4) is 0 Å². The molecule has 0 saturated carbocycles. The average molecular weight is 364 g/mol. The Balaban J connectivity index is 1.91. The molecule has 0 aliphatic carbocycles. The maximum atomic E-state index is 2.46. The number of nitrogens with zero attached hydrogens (tertiary/aromatic N) is 2. The van der Waals surface area contributed by atoms with Crippen molar-refractivity contribution >= 4 is 0 Å². The first kappa shape index (κ1) is 23.2. The van der Waals surface area contributed by atoms with Crippen molar-refractivity contribution in [1.82, 2.24) is 4.57 Å². The summed E-state index contributed by atoms with van der Waals surface area (Å²) in [7, 11) is 2.20. The highest BCUT2D eigenvalue weighted by Crippen LogP contribution is 2.13. The number of aromatic nitrogens is 2. The predicted molar refractivity (Wildman–Crippen MR) is 115 cm³/mol. The highest BCUT2D eigenvalue weighted by Gasteiger charge is 2.13. The van der Waals surface area contributed by atoms with Gasteiger partial charge in [-0.3, -0.25) is 0 Å². The molecule has 1 rings (SSSR count). The Labute approximate surface area is 164 Å². The monoisotopic (exact) mass is 363 g/mol. The topological polar surface area (TPSA) is 8.81 Å². The zero-order valence-electron chi connectivity index (χ0n) is 18.3. The minimum Gasteiger partial charge on any atom is -0.237 e. The van der Waals surface area contributed by atoms with Gasteiger partial charge in [0.2, 0.25) is 0 Å². The predicted octanol–water partition coefficient (Wildman–Crippen LogP) is 7.14. The summed E-state index contributed by atoms with van der Waals surface area (Å²) in [5.74, 6) is 1.51. The van der Waals surface area contributed by atoms with E-state index in [0.29, 0.717) is 0 Å². The summed E-state index contributed by atoms with van der Waals surface area (Å²) in [6.07, 6.45) is 28.4. The Hall–Kier alpha value is -0.790. The molecule has 0 radical (unpaired) electrons. The largest absolute Gasteiger partial charge is 0.256 e. The van der Waals surface area contributed by atoms with Crippen molar-refractivity contribution in [2.24, 2.45) is 7.05 Å². The maximum absolute atomic E-state index is 2.46. The SMILES string of the molecule is CCCCCCCCCCCCCCCCc1n(CCCC)cc[n+]1C. The molecule has 1 aromatic heterocycles. The number of rotatable bonds is 18. The fraction of sp³-hybridized carbons (Fsp3) is 0.875. The van der Waals surface area contributed by atoms with Gasteiger partial charge in [-0.05, 0) is 12.8 Å². The Morgan fingerprint density at radius 1 is 0.654 bits per heavy atom. The highest BCUT2D eigenvalue weighted by molar-refractivity contribution is 4.84. The van der Waals surface area contributed by atoms with Gasteiger partial charge in [0.25, 0.3) is 5.82 Å². The standard InChI is InChI=1S/C24H47N2/c1-4-6-8-9-10-11-12-13-14-15-16-17-18-19-20-24-25(3)22-23-26(24)21-7-5-2/h22-23H,4-21H2,1-3H3/q+1. The molecule has 26 heavy (non-hydrogen) atoms. The third kappa shape index (κ3) is 11.0. The van der Waals surface area contributed by atoms with Gasteiger partial charge in [0.05, 0.1) is 13.6 Å². The van der Waals surface area contributed by atoms with E-state index < -0.39 is 0 Å². The summed E-state index contributed by atoms with van der Waals surface area (Å²) in [6.45, 7) is 5.76. The molecule has 152 valence electrons. The van der Waals surface area contributed by atoms with Crippen LogP contribution in [0.4, 0.5) is 0 Å². The molecule has 0 atom stereocenters. The Morgan fingerprint density at radius 3 is 1.62 bits per heavy atom. The van der Waals surface area contributed by atoms with Crippen LogP contribution in [-0.2, 0) is 20.0 Å². The van der Waals surface area contributed by atoms with Gasteiger partial charge < -0.3 is 0 Å². The van der Waals surface area contributed by atoms with Crippen LogP contribution >= 0.6 is 0 Å². The number of hydrogen-bond donors (Lipinski definition) is 0. The van der Waals surface area contributed by atoms with Gasteiger partial charge in [0.1, 0.15) is 12.4 Å². The third-order valence-electron chi connectivity index (χ3n) is 5.72. The van der Waals surface area contributed by atoms with Gasteiger partial charge >= 0.3 is 0 Å². The summed E-state index contributed by atoms with van der Waals surface area (Å²) >= 11 is 0. The Morgan fingerprint density at radius 2 is 1.12 bits per heavy atom. The van der Waals surface area contributed by atoms with Crippen LogP contribution in [0.5, 0.6) is 0 Å². The maximum Gasteiger partial charge on any atom is 0.256 e. The number of unbranched alkanes of at least 4 members (excludes halogenated alkanes) is 14. The zero-order valence-corrected chi connectivity index (χ0v) is 18.3. The molecule has 1 aromatic rings. The number of hydrogen-bond acceptors (Lipinski definition) is 0. The van der Waals surface area contributed by atoms with E-state index in [9.17, 15) is 0 Å². The lowest BCUT2D eigenvalue weighted by molar-refractivity contribution is -0.678. The summed E-state index contributed by atoms with van der Waals surface area (Å²) in [6, 6.07) is 0. The van der Waals surface area contributed by atoms with E-state index >= 15 is 0 Å². The lowest BCUT2D eigenvalue weighted by Gasteiger charge is -2.04. The molecule has 1 heterocycles. The lowest BCUT2D eigenvalue weighted by atomic mass is 10.0. The molecule has 0 aliphatic heterocycles. The van der Waals surface area contributed by atoms with Crippen LogP contribution in [0.2, 0.25) is 0 Å². The van der Waals surface area contributed by atoms with E-state index in [1.165, 1.54) is 122 Å². The van der Waals surface area contributed by atoms with Gasteiger partial charge in [-0.25, -0.2) is 9.13 Å². The van der Waals surface area contributed by atoms with Crippen molar-refractivity contribution in [3.05, 3.63) is 18.2 Å². The zero-order chi connectivity index (χ0) is 18.9. The van der Waals surface area contributed by atoms with Crippen LogP contribution in [0.25, 0.3) is 0 Å². The first-order valence-electron chi connectivity index (χ1n) is 11.8. The summed E-state index contributed by atoms with van der Waals surface area (Å²) in [5, 5.41) is 0. The number of imidazole rings is 1. The molecule has 0 fully saturated rings. The van der Waals surface area contributed by atoms with Crippen molar-refractivity contribution in [2.75, 3.05) is 0 Å². The molecule has 2 heteroatoms. The van der Waals surface area contributed by atoms with Gasteiger partial charge in [-0.1, -0.05) is 104 Å². The molecule has 0 spiro atoms. The van der Waals surface area contributed by atoms with Crippen LogP contribution in [0.1, 0.15) is 122 Å². The summed E-state index contributed by atoms with van der Waals surface area (Å²) < 4.78 is 4.78. The van der Waals surface area contributed by atoms with Gasteiger partial charge in [0, 0.05) is 6.42 Å².